The zero-order valence-corrected chi connectivity index (χ0v) is 13.7. The summed E-state index contributed by atoms with van der Waals surface area (Å²) in [5, 5.41) is 5.95. The molecule has 2 aromatic heterocycles. The molecule has 1 aliphatic rings. The topological polar surface area (TPSA) is 59.2 Å². The van der Waals surface area contributed by atoms with E-state index >= 15 is 0 Å². The summed E-state index contributed by atoms with van der Waals surface area (Å²) < 4.78 is 6.30. The van der Waals surface area contributed by atoms with Crippen LogP contribution in [-0.4, -0.2) is 34.3 Å². The number of hydrogen-bond donors (Lipinski definition) is 0. The summed E-state index contributed by atoms with van der Waals surface area (Å²) in [7, 11) is 1.78. The Labute approximate surface area is 131 Å². The molecule has 3 rings (SSSR count). The van der Waals surface area contributed by atoms with Crippen LogP contribution >= 0.6 is 23.1 Å². The third-order valence-electron chi connectivity index (χ3n) is 3.64. The summed E-state index contributed by atoms with van der Waals surface area (Å²) >= 11 is 3.05. The van der Waals surface area contributed by atoms with Crippen LogP contribution in [0.1, 0.15) is 40.3 Å². The Hall–Kier alpha value is -1.34. The van der Waals surface area contributed by atoms with Crippen LogP contribution in [0, 0.1) is 0 Å². The Kier molecular flexibility index (Phi) is 4.30. The lowest BCUT2D eigenvalue weighted by molar-refractivity contribution is 0.0776. The number of fused-ring (bicyclic) bond motifs is 1. The van der Waals surface area contributed by atoms with E-state index in [-0.39, 0.29) is 5.91 Å². The summed E-state index contributed by atoms with van der Waals surface area (Å²) in [6, 6.07) is 0. The lowest BCUT2D eigenvalue weighted by atomic mass is 9.96. The lowest BCUT2D eigenvalue weighted by Gasteiger charge is -2.16. The molecule has 112 valence electrons. The number of nitrogens with zero attached hydrogens (tertiary/aromatic N) is 3. The first-order chi connectivity index (χ1) is 10.2. The molecule has 21 heavy (non-hydrogen) atoms. The smallest absolute Gasteiger partial charge is 0.273 e. The van der Waals surface area contributed by atoms with Crippen molar-refractivity contribution in [1.29, 1.82) is 0 Å². The van der Waals surface area contributed by atoms with Crippen LogP contribution in [0.3, 0.4) is 0 Å². The van der Waals surface area contributed by atoms with Crippen molar-refractivity contribution >= 4 is 29.0 Å². The second kappa shape index (κ2) is 6.19. The Balaban J connectivity index is 1.72. The summed E-state index contributed by atoms with van der Waals surface area (Å²) in [6.45, 7) is 0.476. The number of thioether (sulfide) groups is 1. The van der Waals surface area contributed by atoms with E-state index in [9.17, 15) is 4.79 Å². The molecule has 7 heteroatoms. The summed E-state index contributed by atoms with van der Waals surface area (Å²) in [5.41, 5.74) is 2.59. The van der Waals surface area contributed by atoms with E-state index in [0.717, 1.165) is 35.1 Å². The van der Waals surface area contributed by atoms with Gasteiger partial charge in [0.2, 0.25) is 0 Å². The molecule has 0 saturated heterocycles. The van der Waals surface area contributed by atoms with Gasteiger partial charge >= 0.3 is 0 Å². The third kappa shape index (κ3) is 2.98. The molecule has 0 unspecified atom stereocenters. The van der Waals surface area contributed by atoms with Gasteiger partial charge in [-0.15, -0.1) is 11.3 Å². The summed E-state index contributed by atoms with van der Waals surface area (Å²) in [4.78, 5) is 18.3. The highest BCUT2D eigenvalue weighted by atomic mass is 32.2. The highest BCUT2D eigenvalue weighted by Gasteiger charge is 2.22. The van der Waals surface area contributed by atoms with Gasteiger partial charge in [-0.2, -0.15) is 0 Å². The van der Waals surface area contributed by atoms with Crippen molar-refractivity contribution in [2.24, 2.45) is 0 Å². The van der Waals surface area contributed by atoms with Crippen LogP contribution in [0.4, 0.5) is 0 Å². The maximum Gasteiger partial charge on any atom is 0.273 e. The van der Waals surface area contributed by atoms with E-state index in [2.05, 4.69) is 10.1 Å². The van der Waals surface area contributed by atoms with Gasteiger partial charge in [0.25, 0.3) is 5.91 Å². The predicted molar refractivity (Wildman–Crippen MR) is 82.8 cm³/mol. The first kappa shape index (κ1) is 14.6. The third-order valence-corrected chi connectivity index (χ3v) is 5.51. The maximum absolute atomic E-state index is 12.4. The average Bonchev–Trinajstić information content (AvgIpc) is 3.14. The first-order valence-corrected chi connectivity index (χ1v) is 9.00. The quantitative estimate of drug-likeness (QED) is 0.810. The molecule has 0 spiro atoms. The number of hydrogen-bond acceptors (Lipinski definition) is 6. The van der Waals surface area contributed by atoms with E-state index in [1.165, 1.54) is 23.3 Å². The van der Waals surface area contributed by atoms with Gasteiger partial charge in [0, 0.05) is 24.4 Å². The summed E-state index contributed by atoms with van der Waals surface area (Å²) in [6.07, 6.45) is 6.25. The fourth-order valence-corrected chi connectivity index (χ4v) is 3.75. The minimum absolute atomic E-state index is 0.0703. The van der Waals surface area contributed by atoms with Gasteiger partial charge in [-0.1, -0.05) is 16.9 Å². The van der Waals surface area contributed by atoms with Crippen molar-refractivity contribution in [3.63, 3.8) is 0 Å². The van der Waals surface area contributed by atoms with Gasteiger partial charge in [0.1, 0.15) is 21.5 Å². The summed E-state index contributed by atoms with van der Waals surface area (Å²) in [5.74, 6) is 0.925. The second-order valence-electron chi connectivity index (χ2n) is 5.10. The maximum atomic E-state index is 12.4. The molecule has 1 aliphatic carbocycles. The van der Waals surface area contributed by atoms with Gasteiger partial charge < -0.3 is 9.42 Å². The Morgan fingerprint density at radius 2 is 2.29 bits per heavy atom. The Bertz CT molecular complexity index is 650. The van der Waals surface area contributed by atoms with E-state index in [1.54, 1.807) is 23.7 Å². The standard InChI is InChI=1S/C14H17N3O2S2/c1-17(13(18)11-8-21-14(15-11)20-2)7-10-9-5-3-4-6-12(9)19-16-10/h8H,3-7H2,1-2H3. The molecule has 0 atom stereocenters. The number of aromatic nitrogens is 2. The molecule has 0 N–H and O–H groups in total. The van der Waals surface area contributed by atoms with E-state index in [4.69, 9.17) is 4.52 Å². The number of amides is 1. The highest BCUT2D eigenvalue weighted by Crippen LogP contribution is 2.25. The van der Waals surface area contributed by atoms with Crippen molar-refractivity contribution < 1.29 is 9.32 Å². The molecule has 0 bridgehead atoms. The fourth-order valence-electron chi connectivity index (χ4n) is 2.51. The molecule has 1 amide bonds. The van der Waals surface area contributed by atoms with Crippen LogP contribution in [0.5, 0.6) is 0 Å². The molecule has 0 radical (unpaired) electrons. The minimum atomic E-state index is -0.0703. The van der Waals surface area contributed by atoms with Crippen LogP contribution in [0.15, 0.2) is 14.2 Å². The van der Waals surface area contributed by atoms with Gasteiger partial charge in [-0.05, 0) is 25.5 Å². The first-order valence-electron chi connectivity index (χ1n) is 6.90. The molecule has 0 fully saturated rings. The van der Waals surface area contributed by atoms with E-state index < -0.39 is 0 Å². The van der Waals surface area contributed by atoms with Gasteiger partial charge in [0.05, 0.1) is 6.54 Å². The zero-order chi connectivity index (χ0) is 14.8. The number of carbonyl (C=O) groups is 1. The second-order valence-corrected chi connectivity index (χ2v) is 7.01. The van der Waals surface area contributed by atoms with Gasteiger partial charge in [-0.3, -0.25) is 4.79 Å². The van der Waals surface area contributed by atoms with Gasteiger partial charge in [0.15, 0.2) is 0 Å². The molecular formula is C14H17N3O2S2. The molecule has 0 aliphatic heterocycles. The Morgan fingerprint density at radius 3 is 3.05 bits per heavy atom. The molecule has 5 nitrogen and oxygen atoms in total. The van der Waals surface area contributed by atoms with Crippen LogP contribution < -0.4 is 0 Å². The number of thiazole rings is 1. The van der Waals surface area contributed by atoms with Crippen molar-refractivity contribution in [3.8, 4) is 0 Å². The Morgan fingerprint density at radius 1 is 1.48 bits per heavy atom. The van der Waals surface area contributed by atoms with Crippen molar-refractivity contribution in [3.05, 3.63) is 28.1 Å². The van der Waals surface area contributed by atoms with Gasteiger partial charge in [-0.25, -0.2) is 4.98 Å². The molecule has 2 aromatic rings. The van der Waals surface area contributed by atoms with Crippen molar-refractivity contribution in [1.82, 2.24) is 15.0 Å². The predicted octanol–water partition coefficient (Wildman–Crippen LogP) is 3.00. The highest BCUT2D eigenvalue weighted by molar-refractivity contribution is 8.00. The lowest BCUT2D eigenvalue weighted by Crippen LogP contribution is -2.27. The van der Waals surface area contributed by atoms with Crippen molar-refractivity contribution in [2.45, 2.75) is 36.6 Å². The minimum Gasteiger partial charge on any atom is -0.361 e. The zero-order valence-electron chi connectivity index (χ0n) is 12.1. The number of carbonyl (C=O) groups excluding carboxylic acids is 1. The molecule has 0 aromatic carbocycles. The largest absolute Gasteiger partial charge is 0.361 e. The number of rotatable bonds is 4. The molecular weight excluding hydrogens is 306 g/mol. The number of aryl methyl sites for hydroxylation is 1. The normalized spacial score (nSPS) is 14.0. The van der Waals surface area contributed by atoms with Crippen molar-refractivity contribution in [2.75, 3.05) is 13.3 Å². The van der Waals surface area contributed by atoms with Crippen LogP contribution in [-0.2, 0) is 19.4 Å². The SMILES string of the molecule is CSc1nc(C(=O)N(C)Cc2noc3c2CCCC3)cs1. The van der Waals surface area contributed by atoms with Crippen LogP contribution in [0.25, 0.3) is 0 Å². The monoisotopic (exact) mass is 323 g/mol. The van der Waals surface area contributed by atoms with E-state index in [1.807, 2.05) is 11.6 Å². The van der Waals surface area contributed by atoms with E-state index in [0.29, 0.717) is 12.2 Å². The molecule has 0 saturated carbocycles. The molecule has 2 heterocycles. The average molecular weight is 323 g/mol. The fraction of sp³-hybridized carbons (Fsp3) is 0.500. The van der Waals surface area contributed by atoms with Crippen LogP contribution in [0.2, 0.25) is 0 Å².